The average Bonchev–Trinajstić information content (AvgIpc) is 2.58. The fourth-order valence-corrected chi connectivity index (χ4v) is 3.37. The Morgan fingerprint density at radius 1 is 1.27 bits per heavy atom. The van der Waals surface area contributed by atoms with Gasteiger partial charge in [-0.2, -0.15) is 0 Å². The van der Waals surface area contributed by atoms with Crippen LogP contribution in [0.4, 0.5) is 0 Å². The first-order chi connectivity index (χ1) is 12.2. The zero-order valence-corrected chi connectivity index (χ0v) is 17.6. The van der Waals surface area contributed by atoms with Crippen LogP contribution in [-0.2, 0) is 9.47 Å². The number of benzene rings is 1. The molecule has 0 N–H and O–H groups in total. The van der Waals surface area contributed by atoms with Crippen molar-refractivity contribution in [2.24, 2.45) is 0 Å². The highest BCUT2D eigenvalue weighted by Gasteiger charge is 2.39. The van der Waals surface area contributed by atoms with Gasteiger partial charge in [0.25, 0.3) is 8.32 Å². The molecule has 0 radical (unpaired) electrons. The lowest BCUT2D eigenvalue weighted by molar-refractivity contribution is -0.154. The first-order valence-corrected chi connectivity index (χ1v) is 12.2. The molecule has 1 aliphatic heterocycles. The third-order valence-electron chi connectivity index (χ3n) is 4.98. The lowest BCUT2D eigenvalue weighted by atomic mass is 10.1. The minimum atomic E-state index is -2.03. The van der Waals surface area contributed by atoms with Crippen molar-refractivity contribution in [1.29, 1.82) is 0 Å². The van der Waals surface area contributed by atoms with E-state index in [1.54, 1.807) is 6.07 Å². The van der Waals surface area contributed by atoms with Crippen molar-refractivity contribution in [3.8, 4) is 17.6 Å². The van der Waals surface area contributed by atoms with Crippen molar-refractivity contribution in [2.45, 2.75) is 64.5 Å². The fraction of sp³-hybridized carbons (Fsp3) is 0.571. The van der Waals surface area contributed by atoms with Gasteiger partial charge in [0.15, 0.2) is 6.29 Å². The van der Waals surface area contributed by atoms with E-state index in [2.05, 4.69) is 45.7 Å². The first kappa shape index (κ1) is 20.7. The normalized spacial score (nSPS) is 18.0. The summed E-state index contributed by atoms with van der Waals surface area (Å²) in [7, 11) is -2.03. The molecule has 1 unspecified atom stereocenters. The summed E-state index contributed by atoms with van der Waals surface area (Å²) in [6, 6.07) is 7.34. The molecule has 4 nitrogen and oxygen atoms in total. The highest BCUT2D eigenvalue weighted by molar-refractivity contribution is 6.74. The van der Waals surface area contributed by atoms with Crippen LogP contribution in [-0.4, -0.2) is 33.6 Å². The number of ether oxygens (including phenoxy) is 2. The molecule has 5 heteroatoms. The van der Waals surface area contributed by atoms with Gasteiger partial charge in [0.1, 0.15) is 12.4 Å². The van der Waals surface area contributed by atoms with E-state index in [1.165, 1.54) is 0 Å². The Morgan fingerprint density at radius 2 is 2.00 bits per heavy atom. The molecule has 0 aromatic heterocycles. The Kier molecular flexibility index (Phi) is 7.05. The molecule has 0 spiro atoms. The summed E-state index contributed by atoms with van der Waals surface area (Å²) in [4.78, 5) is 12.5. The van der Waals surface area contributed by atoms with Crippen molar-refractivity contribution < 1.29 is 18.7 Å². The lowest BCUT2D eigenvalue weighted by Crippen LogP contribution is -2.44. The second-order valence-corrected chi connectivity index (χ2v) is 12.8. The van der Waals surface area contributed by atoms with Crippen LogP contribution < -0.4 is 4.43 Å². The molecule has 1 aromatic rings. The van der Waals surface area contributed by atoms with Crippen LogP contribution in [0.1, 0.15) is 50.4 Å². The summed E-state index contributed by atoms with van der Waals surface area (Å²) in [6.07, 6.45) is 2.88. The number of rotatable bonds is 5. The molecule has 26 heavy (non-hydrogen) atoms. The maximum Gasteiger partial charge on any atom is 0.250 e. The van der Waals surface area contributed by atoms with Crippen molar-refractivity contribution in [2.75, 3.05) is 13.2 Å². The molecule has 1 aliphatic rings. The maximum absolute atomic E-state index is 12.5. The SMILES string of the molecule is CC(C)(C)[Si](C)(C)Oc1ccccc1C(=O)C#CCOC1CCCCO1. The van der Waals surface area contributed by atoms with Gasteiger partial charge in [-0.05, 0) is 55.4 Å². The Bertz CT molecular complexity index is 673. The van der Waals surface area contributed by atoms with Crippen molar-refractivity contribution in [3.63, 3.8) is 0 Å². The molecule has 1 saturated heterocycles. The van der Waals surface area contributed by atoms with E-state index in [9.17, 15) is 4.79 Å². The molecule has 142 valence electrons. The van der Waals surface area contributed by atoms with Crippen LogP contribution in [0, 0.1) is 11.8 Å². The zero-order valence-electron chi connectivity index (χ0n) is 16.6. The van der Waals surface area contributed by atoms with Gasteiger partial charge in [-0.25, -0.2) is 0 Å². The Hall–Kier alpha value is -1.61. The highest BCUT2D eigenvalue weighted by atomic mass is 28.4. The van der Waals surface area contributed by atoms with Crippen LogP contribution in [0.5, 0.6) is 5.75 Å². The van der Waals surface area contributed by atoms with Crippen molar-refractivity contribution in [1.82, 2.24) is 0 Å². The Morgan fingerprint density at radius 3 is 2.65 bits per heavy atom. The van der Waals surface area contributed by atoms with E-state index in [-0.39, 0.29) is 23.7 Å². The van der Waals surface area contributed by atoms with Crippen molar-refractivity contribution in [3.05, 3.63) is 29.8 Å². The van der Waals surface area contributed by atoms with Crippen LogP contribution in [0.2, 0.25) is 18.1 Å². The topological polar surface area (TPSA) is 44.8 Å². The van der Waals surface area contributed by atoms with E-state index in [0.29, 0.717) is 11.3 Å². The maximum atomic E-state index is 12.5. The van der Waals surface area contributed by atoms with Crippen molar-refractivity contribution >= 4 is 14.1 Å². The van der Waals surface area contributed by atoms with E-state index < -0.39 is 8.32 Å². The number of hydrogen-bond acceptors (Lipinski definition) is 4. The monoisotopic (exact) mass is 374 g/mol. The Balaban J connectivity index is 2.02. The predicted molar refractivity (Wildman–Crippen MR) is 106 cm³/mol. The molecule has 0 saturated carbocycles. The molecule has 0 aliphatic carbocycles. The van der Waals surface area contributed by atoms with Gasteiger partial charge in [0.2, 0.25) is 5.78 Å². The van der Waals surface area contributed by atoms with Gasteiger partial charge in [-0.15, -0.1) is 0 Å². The summed E-state index contributed by atoms with van der Waals surface area (Å²) in [5.41, 5.74) is 0.513. The first-order valence-electron chi connectivity index (χ1n) is 9.25. The minimum absolute atomic E-state index is 0.0582. The molecule has 0 bridgehead atoms. The number of Topliss-reactive ketones (excluding diaryl/α,β-unsaturated/α-hetero) is 1. The van der Waals surface area contributed by atoms with Gasteiger partial charge in [0, 0.05) is 6.61 Å². The summed E-state index contributed by atoms with van der Waals surface area (Å²) in [6.45, 7) is 11.8. The third-order valence-corrected chi connectivity index (χ3v) is 9.33. The van der Waals surface area contributed by atoms with E-state index in [1.807, 2.05) is 18.2 Å². The lowest BCUT2D eigenvalue weighted by Gasteiger charge is -2.36. The molecule has 1 fully saturated rings. The summed E-state index contributed by atoms with van der Waals surface area (Å²) < 4.78 is 17.4. The second kappa shape index (κ2) is 8.85. The molecule has 2 rings (SSSR count). The number of carbonyl (C=O) groups excluding carboxylic acids is 1. The zero-order chi connectivity index (χ0) is 19.2. The summed E-state index contributed by atoms with van der Waals surface area (Å²) in [5.74, 6) is 5.85. The van der Waals surface area contributed by atoms with Crippen LogP contribution in [0.3, 0.4) is 0 Å². The van der Waals surface area contributed by atoms with Gasteiger partial charge in [-0.1, -0.05) is 38.8 Å². The van der Waals surface area contributed by atoms with Crippen LogP contribution >= 0.6 is 0 Å². The standard InChI is InChI=1S/C21H30O4Si/c1-21(2,3)26(4,5)25-19-13-7-6-11-17(19)18(22)12-10-16-24-20-14-8-9-15-23-20/h6-7,11,13,20H,8-9,14-16H2,1-5H3. The number of carbonyl (C=O) groups is 1. The minimum Gasteiger partial charge on any atom is -0.543 e. The van der Waals surface area contributed by atoms with E-state index in [0.717, 1.165) is 25.9 Å². The second-order valence-electron chi connectivity index (χ2n) is 8.10. The van der Waals surface area contributed by atoms with Crippen LogP contribution in [0.25, 0.3) is 0 Å². The molecule has 1 aromatic carbocycles. The van der Waals surface area contributed by atoms with Gasteiger partial charge >= 0.3 is 0 Å². The number of ketones is 1. The highest BCUT2D eigenvalue weighted by Crippen LogP contribution is 2.38. The fourth-order valence-electron chi connectivity index (χ4n) is 2.33. The molecular weight excluding hydrogens is 344 g/mol. The molecular formula is C21H30O4Si. The average molecular weight is 375 g/mol. The molecule has 1 atom stereocenters. The molecule has 1 heterocycles. The van der Waals surface area contributed by atoms with E-state index in [4.69, 9.17) is 13.9 Å². The van der Waals surface area contributed by atoms with Crippen LogP contribution in [0.15, 0.2) is 24.3 Å². The van der Waals surface area contributed by atoms with E-state index >= 15 is 0 Å². The third kappa shape index (κ3) is 5.70. The quantitative estimate of drug-likeness (QED) is 0.321. The number of hydrogen-bond donors (Lipinski definition) is 0. The van der Waals surface area contributed by atoms with Gasteiger partial charge < -0.3 is 13.9 Å². The predicted octanol–water partition coefficient (Wildman–Crippen LogP) is 4.80. The number of para-hydroxylation sites is 1. The summed E-state index contributed by atoms with van der Waals surface area (Å²) >= 11 is 0. The largest absolute Gasteiger partial charge is 0.543 e. The Labute approximate surface area is 158 Å². The summed E-state index contributed by atoms with van der Waals surface area (Å²) in [5, 5.41) is 0.0582. The smallest absolute Gasteiger partial charge is 0.250 e. The van der Waals surface area contributed by atoms with Gasteiger partial charge in [0.05, 0.1) is 5.56 Å². The molecule has 0 amide bonds. The van der Waals surface area contributed by atoms with Gasteiger partial charge in [-0.3, -0.25) is 4.79 Å².